The molecule has 7 nitrogen and oxygen atoms in total. The van der Waals surface area contributed by atoms with Crippen molar-refractivity contribution in [3.63, 3.8) is 0 Å². The molecule has 0 unspecified atom stereocenters. The molecular formula is C8H7ClN2O5S2. The maximum absolute atomic E-state index is 11.7. The molecule has 0 saturated heterocycles. The number of hydrogen-bond donors (Lipinski definition) is 3. The van der Waals surface area contributed by atoms with E-state index in [1.807, 2.05) is 0 Å². The van der Waals surface area contributed by atoms with Gasteiger partial charge in [0, 0.05) is 6.20 Å². The first-order valence-corrected chi connectivity index (χ1v) is 7.81. The van der Waals surface area contributed by atoms with E-state index in [4.69, 9.17) is 16.8 Å². The molecule has 10 heteroatoms. The summed E-state index contributed by atoms with van der Waals surface area (Å²) in [6, 6.07) is 2.07. The van der Waals surface area contributed by atoms with Crippen LogP contribution in [0, 0.1) is 0 Å². The molecule has 1 heterocycles. The van der Waals surface area contributed by atoms with E-state index >= 15 is 0 Å². The first-order valence-electron chi connectivity index (χ1n) is 4.46. The third-order valence-electron chi connectivity index (χ3n) is 2.25. The van der Waals surface area contributed by atoms with E-state index in [-0.39, 0.29) is 15.5 Å². The van der Waals surface area contributed by atoms with Gasteiger partial charge in [-0.05, 0) is 23.8 Å². The standard InChI is InChI=1S/C8H7ClN2O5S2/c9-6-3-5-1-2-10-17(13,14)7(5)4-8(6)18(15,16)11-12/h1-4,10-12H. The summed E-state index contributed by atoms with van der Waals surface area (Å²) in [7, 11) is -8.07. The molecule has 0 radical (unpaired) electrons. The topological polar surface area (TPSA) is 113 Å². The van der Waals surface area contributed by atoms with Crippen molar-refractivity contribution in [3.05, 3.63) is 28.9 Å². The smallest absolute Gasteiger partial charge is 0.263 e. The molecule has 0 spiro atoms. The predicted molar refractivity (Wildman–Crippen MR) is 62.9 cm³/mol. The number of nitrogens with one attached hydrogen (secondary N) is 2. The van der Waals surface area contributed by atoms with Gasteiger partial charge in [-0.2, -0.15) is 0 Å². The summed E-state index contributed by atoms with van der Waals surface area (Å²) in [5, 5.41) is 8.33. The quantitative estimate of drug-likeness (QED) is 0.679. The van der Waals surface area contributed by atoms with Crippen LogP contribution in [0.4, 0.5) is 0 Å². The summed E-state index contributed by atoms with van der Waals surface area (Å²) >= 11 is 5.74. The van der Waals surface area contributed by atoms with Crippen LogP contribution < -0.4 is 9.61 Å². The van der Waals surface area contributed by atoms with E-state index in [0.29, 0.717) is 0 Å². The molecule has 0 aliphatic carbocycles. The molecule has 18 heavy (non-hydrogen) atoms. The number of sulfonamides is 2. The number of fused-ring (bicyclic) bond motifs is 1. The molecule has 0 bridgehead atoms. The highest BCUT2D eigenvalue weighted by molar-refractivity contribution is 7.90. The van der Waals surface area contributed by atoms with Crippen molar-refractivity contribution >= 4 is 37.7 Å². The Hall–Kier alpha value is -1.13. The largest absolute Gasteiger partial charge is 0.302 e. The molecule has 0 amide bonds. The van der Waals surface area contributed by atoms with Gasteiger partial charge in [0.1, 0.15) is 4.90 Å². The minimum Gasteiger partial charge on any atom is -0.302 e. The Morgan fingerprint density at radius 3 is 2.61 bits per heavy atom. The van der Waals surface area contributed by atoms with Gasteiger partial charge in [-0.25, -0.2) is 16.8 Å². The molecule has 0 fully saturated rings. The summed E-state index contributed by atoms with van der Waals surface area (Å²) in [5.41, 5.74) is 0.260. The highest BCUT2D eigenvalue weighted by atomic mass is 35.5. The van der Waals surface area contributed by atoms with Crippen LogP contribution in [0.2, 0.25) is 5.02 Å². The van der Waals surface area contributed by atoms with Gasteiger partial charge in [0.2, 0.25) is 0 Å². The lowest BCUT2D eigenvalue weighted by molar-refractivity contribution is 0.242. The third kappa shape index (κ3) is 2.10. The second-order valence-corrected chi connectivity index (χ2v) is 7.09. The van der Waals surface area contributed by atoms with Crippen LogP contribution in [0.3, 0.4) is 0 Å². The van der Waals surface area contributed by atoms with E-state index in [1.165, 1.54) is 18.3 Å². The van der Waals surface area contributed by atoms with E-state index in [2.05, 4.69) is 4.72 Å². The molecule has 3 N–H and O–H groups in total. The lowest BCUT2D eigenvalue weighted by atomic mass is 10.2. The van der Waals surface area contributed by atoms with Gasteiger partial charge in [0.15, 0.2) is 0 Å². The van der Waals surface area contributed by atoms with E-state index < -0.39 is 24.9 Å². The summed E-state index contributed by atoms with van der Waals surface area (Å²) < 4.78 is 48.3. The Labute approximate surface area is 108 Å². The van der Waals surface area contributed by atoms with E-state index in [0.717, 1.165) is 11.0 Å². The van der Waals surface area contributed by atoms with E-state index in [1.54, 1.807) is 0 Å². The predicted octanol–water partition coefficient (Wildman–Crippen LogP) is 0.270. The summed E-state index contributed by atoms with van der Waals surface area (Å²) in [4.78, 5) is 0.332. The van der Waals surface area contributed by atoms with Crippen LogP contribution >= 0.6 is 11.6 Å². The molecule has 0 saturated carbocycles. The van der Waals surface area contributed by atoms with Gasteiger partial charge in [-0.1, -0.05) is 16.5 Å². The fourth-order valence-electron chi connectivity index (χ4n) is 1.45. The van der Waals surface area contributed by atoms with Crippen LogP contribution in [0.15, 0.2) is 28.1 Å². The van der Waals surface area contributed by atoms with Crippen LogP contribution in [0.5, 0.6) is 0 Å². The van der Waals surface area contributed by atoms with E-state index in [9.17, 15) is 16.8 Å². The van der Waals surface area contributed by atoms with Crippen LogP contribution in [0.25, 0.3) is 6.08 Å². The van der Waals surface area contributed by atoms with Crippen molar-refractivity contribution in [2.45, 2.75) is 9.79 Å². The monoisotopic (exact) mass is 310 g/mol. The highest BCUT2D eigenvalue weighted by Gasteiger charge is 2.26. The summed E-state index contributed by atoms with van der Waals surface area (Å²) in [6.07, 6.45) is 2.64. The Kier molecular flexibility index (Phi) is 3.11. The molecule has 1 aromatic carbocycles. The zero-order valence-corrected chi connectivity index (χ0v) is 11.0. The fourth-order valence-corrected chi connectivity index (χ4v) is 3.77. The number of benzene rings is 1. The SMILES string of the molecule is O=S(=O)(NO)c1cc2c(cc1Cl)C=CNS2(=O)=O. The average Bonchev–Trinajstić information content (AvgIpc) is 2.27. The maximum atomic E-state index is 11.7. The van der Waals surface area contributed by atoms with Crippen molar-refractivity contribution in [1.82, 2.24) is 9.61 Å². The first-order chi connectivity index (χ1) is 8.28. The zero-order valence-electron chi connectivity index (χ0n) is 8.58. The zero-order chi connectivity index (χ0) is 13.6. The van der Waals surface area contributed by atoms with Crippen molar-refractivity contribution in [3.8, 4) is 0 Å². The Morgan fingerprint density at radius 1 is 1.33 bits per heavy atom. The molecule has 1 aromatic rings. The minimum atomic E-state index is -4.26. The van der Waals surface area contributed by atoms with Crippen molar-refractivity contribution < 1.29 is 22.0 Å². The van der Waals surface area contributed by atoms with Gasteiger partial charge in [0.25, 0.3) is 20.0 Å². The van der Waals surface area contributed by atoms with Gasteiger partial charge in [-0.15, -0.1) is 0 Å². The molecule has 98 valence electrons. The number of hydrogen-bond acceptors (Lipinski definition) is 5. The molecule has 2 rings (SSSR count). The van der Waals surface area contributed by atoms with Gasteiger partial charge in [0.05, 0.1) is 9.92 Å². The molecule has 1 aliphatic heterocycles. The lowest BCUT2D eigenvalue weighted by Gasteiger charge is -2.15. The van der Waals surface area contributed by atoms with Crippen molar-refractivity contribution in [2.24, 2.45) is 0 Å². The normalized spacial score (nSPS) is 17.0. The second-order valence-electron chi connectivity index (χ2n) is 3.37. The lowest BCUT2D eigenvalue weighted by Crippen LogP contribution is -2.24. The third-order valence-corrected chi connectivity index (χ3v) is 5.21. The maximum Gasteiger partial charge on any atom is 0.263 e. The molecular weight excluding hydrogens is 304 g/mol. The molecule has 0 aromatic heterocycles. The number of rotatable bonds is 2. The van der Waals surface area contributed by atoms with Crippen LogP contribution in [-0.2, 0) is 20.0 Å². The Morgan fingerprint density at radius 2 is 2.00 bits per heavy atom. The number of halogens is 1. The highest BCUT2D eigenvalue weighted by Crippen LogP contribution is 2.30. The summed E-state index contributed by atoms with van der Waals surface area (Å²) in [5.74, 6) is 0. The minimum absolute atomic E-state index is 0.197. The average molecular weight is 311 g/mol. The van der Waals surface area contributed by atoms with Crippen molar-refractivity contribution in [2.75, 3.05) is 0 Å². The van der Waals surface area contributed by atoms with Crippen molar-refractivity contribution in [1.29, 1.82) is 0 Å². The second kappa shape index (κ2) is 4.21. The first kappa shape index (κ1) is 13.3. The van der Waals surface area contributed by atoms with Crippen LogP contribution in [-0.4, -0.2) is 22.0 Å². The molecule has 0 atom stereocenters. The van der Waals surface area contributed by atoms with Gasteiger partial charge in [-0.3, -0.25) is 4.72 Å². The van der Waals surface area contributed by atoms with Gasteiger partial charge < -0.3 is 5.21 Å². The Bertz CT molecular complexity index is 739. The summed E-state index contributed by atoms with van der Waals surface area (Å²) in [6.45, 7) is 0. The fraction of sp³-hybridized carbons (Fsp3) is 0. The Balaban J connectivity index is 2.80. The molecule has 1 aliphatic rings. The van der Waals surface area contributed by atoms with Gasteiger partial charge >= 0.3 is 0 Å². The van der Waals surface area contributed by atoms with Crippen LogP contribution in [0.1, 0.15) is 5.56 Å².